The second kappa shape index (κ2) is 7.02. The highest BCUT2D eigenvalue weighted by Crippen LogP contribution is 2.36. The van der Waals surface area contributed by atoms with E-state index in [4.69, 9.17) is 39.5 Å². The van der Waals surface area contributed by atoms with Crippen molar-refractivity contribution in [2.24, 2.45) is 0 Å². The third-order valence-electron chi connectivity index (χ3n) is 2.49. The second-order valence-electron chi connectivity index (χ2n) is 4.10. The van der Waals surface area contributed by atoms with Gasteiger partial charge in [-0.05, 0) is 18.6 Å². The smallest absolute Gasteiger partial charge is 0.147 e. The maximum atomic E-state index is 6.08. The lowest BCUT2D eigenvalue weighted by atomic mass is 10.3. The van der Waals surface area contributed by atoms with Crippen LogP contribution in [0.5, 0.6) is 11.5 Å². The van der Waals surface area contributed by atoms with E-state index in [9.17, 15) is 0 Å². The Hall–Kier alpha value is -1.16. The van der Waals surface area contributed by atoms with E-state index in [-0.39, 0.29) is 0 Å². The molecule has 0 atom stereocenters. The van der Waals surface area contributed by atoms with Crippen LogP contribution >= 0.6 is 34.8 Å². The molecule has 0 spiro atoms. The first-order chi connectivity index (χ1) is 9.60. The van der Waals surface area contributed by atoms with Crippen molar-refractivity contribution in [2.75, 3.05) is 11.9 Å². The number of anilines is 1. The molecule has 1 heterocycles. The fourth-order valence-corrected chi connectivity index (χ4v) is 2.11. The van der Waals surface area contributed by atoms with Crippen LogP contribution in [0.4, 0.5) is 5.82 Å². The Kier molecular flexibility index (Phi) is 5.35. The summed E-state index contributed by atoms with van der Waals surface area (Å²) in [5.74, 6) is 1.83. The van der Waals surface area contributed by atoms with Crippen LogP contribution in [0.25, 0.3) is 0 Å². The highest BCUT2D eigenvalue weighted by molar-refractivity contribution is 6.43. The number of hydrogen-bond donors (Lipinski definition) is 1. The van der Waals surface area contributed by atoms with Crippen molar-refractivity contribution < 1.29 is 4.74 Å². The Morgan fingerprint density at radius 1 is 1.10 bits per heavy atom. The van der Waals surface area contributed by atoms with E-state index >= 15 is 0 Å². The van der Waals surface area contributed by atoms with Gasteiger partial charge in [0.15, 0.2) is 0 Å². The molecule has 3 nitrogen and oxygen atoms in total. The number of nitrogens with zero attached hydrogens (tertiary/aromatic N) is 1. The van der Waals surface area contributed by atoms with Gasteiger partial charge in [-0.1, -0.05) is 41.7 Å². The van der Waals surface area contributed by atoms with E-state index in [0.29, 0.717) is 26.6 Å². The molecule has 0 aliphatic rings. The van der Waals surface area contributed by atoms with Crippen LogP contribution in [0.15, 0.2) is 30.5 Å². The average Bonchev–Trinajstić information content (AvgIpc) is 2.43. The molecule has 2 rings (SSSR count). The summed E-state index contributed by atoms with van der Waals surface area (Å²) in [6, 6.07) is 6.69. The summed E-state index contributed by atoms with van der Waals surface area (Å²) >= 11 is 17.9. The van der Waals surface area contributed by atoms with Crippen LogP contribution in [0.3, 0.4) is 0 Å². The van der Waals surface area contributed by atoms with Crippen LogP contribution in [0, 0.1) is 0 Å². The predicted molar refractivity (Wildman–Crippen MR) is 84.6 cm³/mol. The van der Waals surface area contributed by atoms with Crippen LogP contribution in [-0.2, 0) is 0 Å². The van der Waals surface area contributed by atoms with Crippen LogP contribution < -0.4 is 10.1 Å². The Morgan fingerprint density at radius 2 is 1.85 bits per heavy atom. The van der Waals surface area contributed by atoms with Gasteiger partial charge in [-0.15, -0.1) is 0 Å². The molecule has 106 valence electrons. The van der Waals surface area contributed by atoms with Crippen LogP contribution in [-0.4, -0.2) is 11.5 Å². The molecule has 6 heteroatoms. The zero-order valence-corrected chi connectivity index (χ0v) is 13.1. The standard InChI is InChI=1S/C14H13Cl3N2O/c1-2-4-18-14-6-9(3-5-19-14)20-13-8-11(16)10(15)7-12(13)17/h3,5-8H,2,4H2,1H3,(H,18,19). The van der Waals surface area contributed by atoms with Crippen molar-refractivity contribution in [1.29, 1.82) is 0 Å². The fraction of sp³-hybridized carbons (Fsp3) is 0.214. The molecule has 0 saturated carbocycles. The molecule has 1 N–H and O–H groups in total. The van der Waals surface area contributed by atoms with E-state index < -0.39 is 0 Å². The van der Waals surface area contributed by atoms with Gasteiger partial charge in [-0.3, -0.25) is 0 Å². The fourth-order valence-electron chi connectivity index (χ4n) is 1.53. The maximum Gasteiger partial charge on any atom is 0.147 e. The van der Waals surface area contributed by atoms with Crippen molar-refractivity contribution in [1.82, 2.24) is 4.98 Å². The molecular weight excluding hydrogens is 319 g/mol. The topological polar surface area (TPSA) is 34.1 Å². The van der Waals surface area contributed by atoms with Gasteiger partial charge in [0.1, 0.15) is 17.3 Å². The molecule has 1 aromatic carbocycles. The normalized spacial score (nSPS) is 10.4. The minimum Gasteiger partial charge on any atom is -0.456 e. The lowest BCUT2D eigenvalue weighted by Crippen LogP contribution is -2.01. The first-order valence-corrected chi connectivity index (χ1v) is 7.26. The molecule has 0 aliphatic heterocycles. The van der Waals surface area contributed by atoms with Gasteiger partial charge >= 0.3 is 0 Å². The summed E-state index contributed by atoms with van der Waals surface area (Å²) in [5.41, 5.74) is 0. The number of hydrogen-bond acceptors (Lipinski definition) is 3. The molecule has 0 unspecified atom stereocenters. The van der Waals surface area contributed by atoms with Crippen molar-refractivity contribution in [3.8, 4) is 11.5 Å². The maximum absolute atomic E-state index is 6.08. The predicted octanol–water partition coefficient (Wildman–Crippen LogP) is 5.66. The summed E-state index contributed by atoms with van der Waals surface area (Å²) in [4.78, 5) is 4.20. The quantitative estimate of drug-likeness (QED) is 0.718. The number of halogens is 3. The van der Waals surface area contributed by atoms with Crippen molar-refractivity contribution in [2.45, 2.75) is 13.3 Å². The second-order valence-corrected chi connectivity index (χ2v) is 5.32. The number of nitrogens with one attached hydrogen (secondary N) is 1. The molecule has 0 amide bonds. The molecule has 2 aromatic rings. The third kappa shape index (κ3) is 3.92. The lowest BCUT2D eigenvalue weighted by molar-refractivity contribution is 0.482. The number of ether oxygens (including phenoxy) is 1. The lowest BCUT2D eigenvalue weighted by Gasteiger charge is -2.10. The molecule has 0 radical (unpaired) electrons. The monoisotopic (exact) mass is 330 g/mol. The Balaban J connectivity index is 2.19. The Bertz CT molecular complexity index is 605. The van der Waals surface area contributed by atoms with Crippen molar-refractivity contribution >= 4 is 40.6 Å². The summed E-state index contributed by atoms with van der Waals surface area (Å²) < 4.78 is 5.71. The van der Waals surface area contributed by atoms with Gasteiger partial charge in [0.2, 0.25) is 0 Å². The number of benzene rings is 1. The van der Waals surface area contributed by atoms with Gasteiger partial charge in [0.05, 0.1) is 15.1 Å². The van der Waals surface area contributed by atoms with Gasteiger partial charge < -0.3 is 10.1 Å². The van der Waals surface area contributed by atoms with Gasteiger partial charge in [0.25, 0.3) is 0 Å². The van der Waals surface area contributed by atoms with Crippen molar-refractivity contribution in [3.05, 3.63) is 45.5 Å². The first kappa shape index (κ1) is 15.2. The molecule has 20 heavy (non-hydrogen) atoms. The number of aromatic nitrogens is 1. The molecule has 0 fully saturated rings. The van der Waals surface area contributed by atoms with E-state index in [0.717, 1.165) is 18.8 Å². The molecule has 0 saturated heterocycles. The third-order valence-corrected chi connectivity index (χ3v) is 3.51. The minimum atomic E-state index is 0.393. The van der Waals surface area contributed by atoms with E-state index in [1.54, 1.807) is 30.5 Å². The minimum absolute atomic E-state index is 0.393. The van der Waals surface area contributed by atoms with Gasteiger partial charge in [-0.2, -0.15) is 0 Å². The number of pyridine rings is 1. The highest BCUT2D eigenvalue weighted by atomic mass is 35.5. The molecule has 0 bridgehead atoms. The highest BCUT2D eigenvalue weighted by Gasteiger charge is 2.08. The average molecular weight is 332 g/mol. The Morgan fingerprint density at radius 3 is 2.60 bits per heavy atom. The van der Waals surface area contributed by atoms with Gasteiger partial charge in [-0.25, -0.2) is 4.98 Å². The zero-order chi connectivity index (χ0) is 14.5. The molecular formula is C14H13Cl3N2O. The van der Waals surface area contributed by atoms with E-state index in [1.165, 1.54) is 0 Å². The molecule has 1 aromatic heterocycles. The van der Waals surface area contributed by atoms with Crippen LogP contribution in [0.2, 0.25) is 15.1 Å². The van der Waals surface area contributed by atoms with Gasteiger partial charge in [0, 0.05) is 24.9 Å². The summed E-state index contributed by atoms with van der Waals surface area (Å²) in [6.45, 7) is 2.94. The SMILES string of the molecule is CCCNc1cc(Oc2cc(Cl)c(Cl)cc2Cl)ccn1. The first-order valence-electron chi connectivity index (χ1n) is 6.12. The Labute approximate surface area is 132 Å². The van der Waals surface area contributed by atoms with E-state index in [2.05, 4.69) is 17.2 Å². The number of rotatable bonds is 5. The van der Waals surface area contributed by atoms with Crippen molar-refractivity contribution in [3.63, 3.8) is 0 Å². The van der Waals surface area contributed by atoms with Crippen LogP contribution in [0.1, 0.15) is 13.3 Å². The summed E-state index contributed by atoms with van der Waals surface area (Å²) in [5, 5.41) is 4.37. The summed E-state index contributed by atoms with van der Waals surface area (Å²) in [6.07, 6.45) is 2.68. The zero-order valence-electron chi connectivity index (χ0n) is 10.8. The largest absolute Gasteiger partial charge is 0.456 e. The molecule has 0 aliphatic carbocycles. The summed E-state index contributed by atoms with van der Waals surface area (Å²) in [7, 11) is 0. The van der Waals surface area contributed by atoms with E-state index in [1.807, 2.05) is 0 Å².